The van der Waals surface area contributed by atoms with E-state index < -0.39 is 0 Å². The predicted octanol–water partition coefficient (Wildman–Crippen LogP) is 1.17. The van der Waals surface area contributed by atoms with Crippen molar-refractivity contribution in [3.63, 3.8) is 0 Å². The van der Waals surface area contributed by atoms with Crippen molar-refractivity contribution < 1.29 is 9.84 Å². The van der Waals surface area contributed by atoms with Crippen LogP contribution < -0.4 is 4.74 Å². The molecule has 0 spiro atoms. The van der Waals surface area contributed by atoms with Gasteiger partial charge < -0.3 is 9.84 Å². The number of fused-ring (bicyclic) bond motifs is 1. The van der Waals surface area contributed by atoms with Crippen molar-refractivity contribution in [2.75, 3.05) is 13.7 Å². The third-order valence-electron chi connectivity index (χ3n) is 2.17. The summed E-state index contributed by atoms with van der Waals surface area (Å²) in [5.74, 6) is 1.45. The number of ether oxygens (including phenoxy) is 1. The number of hydrogen-bond donors (Lipinski definition) is 1. The standard InChI is InChI=1S/C11H12N2O2/c1-15-9-2-3-10-8(6-9)7-12-11(13-10)4-5-14/h2-3,6-7,14H,4-5H2,1H3. The second-order valence-electron chi connectivity index (χ2n) is 3.18. The van der Waals surface area contributed by atoms with E-state index >= 15 is 0 Å². The Labute approximate surface area is 87.6 Å². The van der Waals surface area contributed by atoms with Crippen LogP contribution in [0.2, 0.25) is 0 Å². The Balaban J connectivity index is 2.45. The lowest BCUT2D eigenvalue weighted by Gasteiger charge is -2.03. The topological polar surface area (TPSA) is 55.2 Å². The van der Waals surface area contributed by atoms with Gasteiger partial charge in [-0.3, -0.25) is 0 Å². The SMILES string of the molecule is COc1ccc2nc(CCO)ncc2c1. The molecule has 4 heteroatoms. The maximum Gasteiger partial charge on any atom is 0.131 e. The third-order valence-corrected chi connectivity index (χ3v) is 2.17. The first-order valence-corrected chi connectivity index (χ1v) is 4.74. The van der Waals surface area contributed by atoms with Gasteiger partial charge >= 0.3 is 0 Å². The van der Waals surface area contributed by atoms with Gasteiger partial charge in [-0.25, -0.2) is 9.97 Å². The highest BCUT2D eigenvalue weighted by molar-refractivity contribution is 5.79. The van der Waals surface area contributed by atoms with Crippen LogP contribution in [0.5, 0.6) is 5.75 Å². The van der Waals surface area contributed by atoms with Crippen LogP contribution in [0.1, 0.15) is 5.82 Å². The Hall–Kier alpha value is -1.68. The smallest absolute Gasteiger partial charge is 0.131 e. The van der Waals surface area contributed by atoms with Gasteiger partial charge in [-0.2, -0.15) is 0 Å². The summed E-state index contributed by atoms with van der Waals surface area (Å²) >= 11 is 0. The molecule has 2 rings (SSSR count). The molecule has 1 heterocycles. The van der Waals surface area contributed by atoms with Gasteiger partial charge in [-0.05, 0) is 18.2 Å². The molecule has 1 aromatic carbocycles. The molecule has 0 saturated carbocycles. The molecular weight excluding hydrogens is 192 g/mol. The second-order valence-corrected chi connectivity index (χ2v) is 3.18. The Morgan fingerprint density at radius 1 is 1.40 bits per heavy atom. The molecule has 0 amide bonds. The van der Waals surface area contributed by atoms with Gasteiger partial charge in [0.2, 0.25) is 0 Å². The average molecular weight is 204 g/mol. The van der Waals surface area contributed by atoms with Crippen LogP contribution >= 0.6 is 0 Å². The van der Waals surface area contributed by atoms with Crippen molar-refractivity contribution >= 4 is 10.9 Å². The van der Waals surface area contributed by atoms with Crippen molar-refractivity contribution in [1.29, 1.82) is 0 Å². The fourth-order valence-electron chi connectivity index (χ4n) is 1.40. The van der Waals surface area contributed by atoms with E-state index in [1.165, 1.54) is 0 Å². The van der Waals surface area contributed by atoms with E-state index in [-0.39, 0.29) is 6.61 Å². The molecule has 2 aromatic rings. The first kappa shape index (κ1) is 9.86. The lowest BCUT2D eigenvalue weighted by Crippen LogP contribution is -1.98. The molecule has 0 aliphatic rings. The maximum absolute atomic E-state index is 8.77. The first-order chi connectivity index (χ1) is 7.33. The molecule has 1 N–H and O–H groups in total. The molecule has 4 nitrogen and oxygen atoms in total. The molecule has 0 atom stereocenters. The van der Waals surface area contributed by atoms with Gasteiger partial charge in [-0.1, -0.05) is 0 Å². The normalized spacial score (nSPS) is 10.5. The van der Waals surface area contributed by atoms with E-state index in [0.717, 1.165) is 16.7 Å². The molecule has 0 saturated heterocycles. The summed E-state index contributed by atoms with van der Waals surface area (Å²) in [4.78, 5) is 8.46. The molecule has 1 aromatic heterocycles. The van der Waals surface area contributed by atoms with Crippen molar-refractivity contribution in [3.8, 4) is 5.75 Å². The van der Waals surface area contributed by atoms with Crippen molar-refractivity contribution in [3.05, 3.63) is 30.2 Å². The zero-order chi connectivity index (χ0) is 10.7. The van der Waals surface area contributed by atoms with E-state index in [4.69, 9.17) is 9.84 Å². The molecule has 15 heavy (non-hydrogen) atoms. The van der Waals surface area contributed by atoms with Gasteiger partial charge in [-0.15, -0.1) is 0 Å². The van der Waals surface area contributed by atoms with E-state index in [1.54, 1.807) is 13.3 Å². The summed E-state index contributed by atoms with van der Waals surface area (Å²) in [7, 11) is 1.63. The Morgan fingerprint density at radius 2 is 2.27 bits per heavy atom. The summed E-state index contributed by atoms with van der Waals surface area (Å²) in [6, 6.07) is 5.63. The van der Waals surface area contributed by atoms with Gasteiger partial charge in [0.25, 0.3) is 0 Å². The molecule has 0 fully saturated rings. The van der Waals surface area contributed by atoms with Crippen molar-refractivity contribution in [2.24, 2.45) is 0 Å². The Kier molecular flexibility index (Phi) is 2.78. The minimum atomic E-state index is 0.0711. The van der Waals surface area contributed by atoms with Gasteiger partial charge in [0, 0.05) is 18.0 Å². The summed E-state index contributed by atoms with van der Waals surface area (Å²) < 4.78 is 5.10. The largest absolute Gasteiger partial charge is 0.497 e. The van der Waals surface area contributed by atoms with Crippen LogP contribution in [0, 0.1) is 0 Å². The van der Waals surface area contributed by atoms with Gasteiger partial charge in [0.05, 0.1) is 19.2 Å². The van der Waals surface area contributed by atoms with E-state index in [1.807, 2.05) is 18.2 Å². The molecule has 0 aliphatic carbocycles. The molecule has 78 valence electrons. The lowest BCUT2D eigenvalue weighted by molar-refractivity contribution is 0.297. The number of benzene rings is 1. The highest BCUT2D eigenvalue weighted by atomic mass is 16.5. The highest BCUT2D eigenvalue weighted by Crippen LogP contribution is 2.18. The van der Waals surface area contributed by atoms with Crippen LogP contribution in [0.3, 0.4) is 0 Å². The number of nitrogens with zero attached hydrogens (tertiary/aromatic N) is 2. The lowest BCUT2D eigenvalue weighted by atomic mass is 10.2. The van der Waals surface area contributed by atoms with Crippen LogP contribution in [0.25, 0.3) is 10.9 Å². The average Bonchev–Trinajstić information content (AvgIpc) is 2.29. The monoisotopic (exact) mass is 204 g/mol. The van der Waals surface area contributed by atoms with Crippen molar-refractivity contribution in [1.82, 2.24) is 9.97 Å². The van der Waals surface area contributed by atoms with E-state index in [9.17, 15) is 0 Å². The van der Waals surface area contributed by atoms with Crippen LogP contribution in [-0.2, 0) is 6.42 Å². The predicted molar refractivity (Wildman–Crippen MR) is 56.9 cm³/mol. The zero-order valence-electron chi connectivity index (χ0n) is 8.47. The number of aliphatic hydroxyl groups excluding tert-OH is 1. The van der Waals surface area contributed by atoms with Crippen LogP contribution in [-0.4, -0.2) is 28.8 Å². The van der Waals surface area contributed by atoms with Gasteiger partial charge in [0.1, 0.15) is 11.6 Å². The fraction of sp³-hybridized carbons (Fsp3) is 0.273. The third kappa shape index (κ3) is 2.05. The highest BCUT2D eigenvalue weighted by Gasteiger charge is 2.00. The molecule has 0 aliphatic heterocycles. The fourth-order valence-corrected chi connectivity index (χ4v) is 1.40. The summed E-state index contributed by atoms with van der Waals surface area (Å²) in [6.45, 7) is 0.0711. The number of aromatic nitrogens is 2. The number of hydrogen-bond acceptors (Lipinski definition) is 4. The number of rotatable bonds is 3. The summed E-state index contributed by atoms with van der Waals surface area (Å²) in [6.07, 6.45) is 2.23. The molecular formula is C11H12N2O2. The van der Waals surface area contributed by atoms with E-state index in [2.05, 4.69) is 9.97 Å². The maximum atomic E-state index is 8.77. The zero-order valence-corrected chi connectivity index (χ0v) is 8.47. The Bertz CT molecular complexity index is 471. The number of aliphatic hydroxyl groups is 1. The molecule has 0 radical (unpaired) electrons. The minimum absolute atomic E-state index is 0.0711. The quantitative estimate of drug-likeness (QED) is 0.815. The molecule has 0 unspecified atom stereocenters. The van der Waals surface area contributed by atoms with Crippen molar-refractivity contribution in [2.45, 2.75) is 6.42 Å². The summed E-state index contributed by atoms with van der Waals surface area (Å²) in [5, 5.41) is 9.71. The number of methoxy groups -OCH3 is 1. The Morgan fingerprint density at radius 3 is 3.00 bits per heavy atom. The van der Waals surface area contributed by atoms with E-state index in [0.29, 0.717) is 12.2 Å². The van der Waals surface area contributed by atoms with Crippen LogP contribution in [0.15, 0.2) is 24.4 Å². The van der Waals surface area contributed by atoms with Gasteiger partial charge in [0.15, 0.2) is 0 Å². The molecule has 0 bridgehead atoms. The second kappa shape index (κ2) is 4.23. The summed E-state index contributed by atoms with van der Waals surface area (Å²) in [5.41, 5.74) is 0.870. The first-order valence-electron chi connectivity index (χ1n) is 4.74. The minimum Gasteiger partial charge on any atom is -0.497 e. The van der Waals surface area contributed by atoms with Crippen LogP contribution in [0.4, 0.5) is 0 Å².